The van der Waals surface area contributed by atoms with Gasteiger partial charge in [-0.3, -0.25) is 4.79 Å². The summed E-state index contributed by atoms with van der Waals surface area (Å²) in [7, 11) is -3.49. The van der Waals surface area contributed by atoms with Gasteiger partial charge in [-0.25, -0.2) is 13.1 Å². The maximum Gasteiger partial charge on any atom is 0.240 e. The SMILES string of the molecule is C[C@H]1Cc2cc(Br)ccc2N1C(=O)CCc1ccc(S(=O)(=O)NC2CCCCC2)cc1. The Kier molecular flexibility index (Phi) is 6.84. The summed E-state index contributed by atoms with van der Waals surface area (Å²) in [5.41, 5.74) is 3.15. The van der Waals surface area contributed by atoms with Crippen molar-refractivity contribution in [2.45, 2.75) is 75.3 Å². The molecule has 0 saturated heterocycles. The summed E-state index contributed by atoms with van der Waals surface area (Å²) in [4.78, 5) is 15.1. The van der Waals surface area contributed by atoms with Crippen LogP contribution in [0.25, 0.3) is 0 Å². The van der Waals surface area contributed by atoms with Gasteiger partial charge in [-0.05, 0) is 74.1 Å². The van der Waals surface area contributed by atoms with Crippen LogP contribution >= 0.6 is 15.9 Å². The Hall–Kier alpha value is -1.70. The lowest BCUT2D eigenvalue weighted by Crippen LogP contribution is -2.36. The minimum Gasteiger partial charge on any atom is -0.309 e. The van der Waals surface area contributed by atoms with E-state index in [2.05, 4.69) is 33.6 Å². The summed E-state index contributed by atoms with van der Waals surface area (Å²) in [5, 5.41) is 0. The van der Waals surface area contributed by atoms with Crippen molar-refractivity contribution in [3.8, 4) is 0 Å². The van der Waals surface area contributed by atoms with E-state index in [9.17, 15) is 13.2 Å². The predicted octanol–water partition coefficient (Wildman–Crippen LogP) is 4.97. The van der Waals surface area contributed by atoms with Gasteiger partial charge in [0, 0.05) is 28.7 Å². The van der Waals surface area contributed by atoms with E-state index < -0.39 is 10.0 Å². The minimum atomic E-state index is -3.49. The van der Waals surface area contributed by atoms with Crippen molar-refractivity contribution >= 4 is 37.5 Å². The first-order valence-corrected chi connectivity index (χ1v) is 13.3. The van der Waals surface area contributed by atoms with Crippen molar-refractivity contribution in [3.05, 3.63) is 58.1 Å². The van der Waals surface area contributed by atoms with E-state index in [-0.39, 0.29) is 18.0 Å². The number of amides is 1. The van der Waals surface area contributed by atoms with Gasteiger partial charge in [0.1, 0.15) is 0 Å². The first-order valence-electron chi connectivity index (χ1n) is 11.1. The van der Waals surface area contributed by atoms with Gasteiger partial charge in [-0.1, -0.05) is 47.3 Å². The van der Waals surface area contributed by atoms with Crippen molar-refractivity contribution < 1.29 is 13.2 Å². The van der Waals surface area contributed by atoms with Gasteiger partial charge in [0.15, 0.2) is 0 Å². The number of halogens is 1. The van der Waals surface area contributed by atoms with Crippen LogP contribution in [-0.4, -0.2) is 26.4 Å². The van der Waals surface area contributed by atoms with Crippen LogP contribution in [0.3, 0.4) is 0 Å². The number of hydrogen-bond donors (Lipinski definition) is 1. The van der Waals surface area contributed by atoms with Crippen LogP contribution in [0.15, 0.2) is 51.8 Å². The zero-order valence-electron chi connectivity index (χ0n) is 17.8. The van der Waals surface area contributed by atoms with E-state index in [1.54, 1.807) is 12.1 Å². The number of hydrogen-bond acceptors (Lipinski definition) is 3. The lowest BCUT2D eigenvalue weighted by atomic mass is 9.96. The van der Waals surface area contributed by atoms with Crippen molar-refractivity contribution in [2.24, 2.45) is 0 Å². The molecule has 1 fully saturated rings. The number of carbonyl (C=O) groups excluding carboxylic acids is 1. The average molecular weight is 505 g/mol. The zero-order valence-corrected chi connectivity index (χ0v) is 20.2. The molecule has 2 aromatic carbocycles. The maximum absolute atomic E-state index is 12.9. The normalized spacial score (nSPS) is 19.4. The predicted molar refractivity (Wildman–Crippen MR) is 127 cm³/mol. The standard InChI is InChI=1S/C24H29BrN2O3S/c1-17-15-19-16-20(25)10-13-23(19)27(17)24(28)14-9-18-7-11-22(12-8-18)31(29,30)26-21-5-3-2-4-6-21/h7-8,10-13,16-17,21,26H,2-6,9,14-15H2,1H3/t17-/m0/s1. The highest BCUT2D eigenvalue weighted by Gasteiger charge is 2.30. The molecule has 4 rings (SSSR count). The van der Waals surface area contributed by atoms with E-state index in [4.69, 9.17) is 0 Å². The summed E-state index contributed by atoms with van der Waals surface area (Å²) in [5.74, 6) is 0.101. The van der Waals surface area contributed by atoms with Crippen molar-refractivity contribution in [3.63, 3.8) is 0 Å². The highest BCUT2D eigenvalue weighted by atomic mass is 79.9. The Balaban J connectivity index is 1.37. The number of sulfonamides is 1. The maximum atomic E-state index is 12.9. The van der Waals surface area contributed by atoms with Crippen molar-refractivity contribution in [1.29, 1.82) is 0 Å². The van der Waals surface area contributed by atoms with Crippen LogP contribution in [-0.2, 0) is 27.7 Å². The largest absolute Gasteiger partial charge is 0.309 e. The van der Waals surface area contributed by atoms with E-state index >= 15 is 0 Å². The third kappa shape index (κ3) is 5.21. The molecule has 1 atom stereocenters. The van der Waals surface area contributed by atoms with Crippen molar-refractivity contribution in [2.75, 3.05) is 4.90 Å². The third-order valence-electron chi connectivity index (χ3n) is 6.31. The van der Waals surface area contributed by atoms with Gasteiger partial charge >= 0.3 is 0 Å². The van der Waals surface area contributed by atoms with Gasteiger partial charge in [0.05, 0.1) is 4.90 Å². The Bertz CT molecular complexity index is 1050. The number of rotatable bonds is 6. The monoisotopic (exact) mass is 504 g/mol. The lowest BCUT2D eigenvalue weighted by Gasteiger charge is -2.23. The van der Waals surface area contributed by atoms with Crippen LogP contribution < -0.4 is 9.62 Å². The molecule has 0 aromatic heterocycles. The van der Waals surface area contributed by atoms with Gasteiger partial charge in [0.2, 0.25) is 15.9 Å². The molecule has 2 aromatic rings. The molecular weight excluding hydrogens is 476 g/mol. The number of fused-ring (bicyclic) bond motifs is 1. The molecule has 7 heteroatoms. The molecule has 2 aliphatic rings. The third-order valence-corrected chi connectivity index (χ3v) is 8.34. The van der Waals surface area contributed by atoms with E-state index in [1.807, 2.05) is 29.2 Å². The number of carbonyl (C=O) groups is 1. The highest BCUT2D eigenvalue weighted by Crippen LogP contribution is 2.34. The van der Waals surface area contributed by atoms with E-state index in [1.165, 1.54) is 12.0 Å². The summed E-state index contributed by atoms with van der Waals surface area (Å²) in [6.07, 6.45) is 7.01. The molecule has 1 amide bonds. The molecule has 1 aliphatic carbocycles. The smallest absolute Gasteiger partial charge is 0.240 e. The molecule has 0 spiro atoms. The Morgan fingerprint density at radius 2 is 1.81 bits per heavy atom. The van der Waals surface area contributed by atoms with E-state index in [0.717, 1.165) is 47.8 Å². The average Bonchev–Trinajstić information content (AvgIpc) is 3.07. The van der Waals surface area contributed by atoms with Gasteiger partial charge in [-0.2, -0.15) is 0 Å². The summed E-state index contributed by atoms with van der Waals surface area (Å²) >= 11 is 3.50. The number of anilines is 1. The van der Waals surface area contributed by atoms with Crippen LogP contribution in [0.5, 0.6) is 0 Å². The fraction of sp³-hybridized carbons (Fsp3) is 0.458. The second-order valence-electron chi connectivity index (χ2n) is 8.69. The van der Waals surface area contributed by atoms with Gasteiger partial charge in [0.25, 0.3) is 0 Å². The summed E-state index contributed by atoms with van der Waals surface area (Å²) in [6, 6.07) is 13.2. The molecule has 0 radical (unpaired) electrons. The number of aryl methyl sites for hydroxylation is 1. The minimum absolute atomic E-state index is 0.0435. The molecule has 166 valence electrons. The Labute approximate surface area is 193 Å². The fourth-order valence-corrected chi connectivity index (χ4v) is 6.41. The second kappa shape index (κ2) is 9.43. The zero-order chi connectivity index (χ0) is 22.0. The fourth-order valence-electron chi connectivity index (χ4n) is 4.69. The van der Waals surface area contributed by atoms with E-state index in [0.29, 0.717) is 17.7 Å². The molecule has 1 N–H and O–H groups in total. The Morgan fingerprint density at radius 1 is 1.10 bits per heavy atom. The van der Waals surface area contributed by atoms with Crippen molar-refractivity contribution in [1.82, 2.24) is 4.72 Å². The number of nitrogens with zero attached hydrogens (tertiary/aromatic N) is 1. The molecule has 1 heterocycles. The summed E-state index contributed by atoms with van der Waals surface area (Å²) < 4.78 is 29.2. The van der Waals surface area contributed by atoms with Gasteiger partial charge in [-0.15, -0.1) is 0 Å². The van der Waals surface area contributed by atoms with Crippen LogP contribution in [0, 0.1) is 0 Å². The molecule has 1 aliphatic heterocycles. The molecule has 5 nitrogen and oxygen atoms in total. The van der Waals surface area contributed by atoms with Crippen LogP contribution in [0.1, 0.15) is 56.6 Å². The quantitative estimate of drug-likeness (QED) is 0.603. The topological polar surface area (TPSA) is 66.5 Å². The number of nitrogens with one attached hydrogen (secondary N) is 1. The molecule has 0 unspecified atom stereocenters. The first-order chi connectivity index (χ1) is 14.8. The molecule has 31 heavy (non-hydrogen) atoms. The lowest BCUT2D eigenvalue weighted by molar-refractivity contribution is -0.118. The molecular formula is C24H29BrN2O3S. The van der Waals surface area contributed by atoms with Crippen LogP contribution in [0.2, 0.25) is 0 Å². The summed E-state index contributed by atoms with van der Waals surface area (Å²) in [6.45, 7) is 2.07. The Morgan fingerprint density at radius 3 is 2.52 bits per heavy atom. The van der Waals surface area contributed by atoms with Gasteiger partial charge < -0.3 is 4.90 Å². The first kappa shape index (κ1) is 22.5. The second-order valence-corrected chi connectivity index (χ2v) is 11.3. The number of benzene rings is 2. The molecule has 1 saturated carbocycles. The molecule has 0 bridgehead atoms. The highest BCUT2D eigenvalue weighted by molar-refractivity contribution is 9.10. The van der Waals surface area contributed by atoms with Crippen LogP contribution in [0.4, 0.5) is 5.69 Å².